The van der Waals surface area contributed by atoms with Gasteiger partial charge in [-0.25, -0.2) is 9.37 Å². The van der Waals surface area contributed by atoms with Gasteiger partial charge in [-0.2, -0.15) is 0 Å². The zero-order valence-electron chi connectivity index (χ0n) is 12.5. The molecule has 0 saturated carbocycles. The van der Waals surface area contributed by atoms with Gasteiger partial charge >= 0.3 is 0 Å². The SMILES string of the molecule is Cc1c(F)cc(C(N)=O)cc1NC(=O)c1cnc(-c2cccs2)s1. The van der Waals surface area contributed by atoms with Gasteiger partial charge in [0.25, 0.3) is 5.91 Å². The van der Waals surface area contributed by atoms with Crippen LogP contribution < -0.4 is 11.1 Å². The molecular formula is C16H12FN3O2S2. The third-order valence-electron chi connectivity index (χ3n) is 3.34. The topological polar surface area (TPSA) is 85.1 Å². The number of carbonyl (C=O) groups is 2. The van der Waals surface area contributed by atoms with Crippen LogP contribution in [-0.2, 0) is 0 Å². The average molecular weight is 361 g/mol. The number of nitrogens with two attached hydrogens (primary N) is 1. The Morgan fingerprint density at radius 1 is 1.33 bits per heavy atom. The van der Waals surface area contributed by atoms with E-state index in [1.54, 1.807) is 0 Å². The van der Waals surface area contributed by atoms with E-state index in [1.165, 1.54) is 41.9 Å². The van der Waals surface area contributed by atoms with Gasteiger partial charge in [-0.15, -0.1) is 22.7 Å². The summed E-state index contributed by atoms with van der Waals surface area (Å²) in [6, 6.07) is 6.23. The van der Waals surface area contributed by atoms with Crippen LogP contribution in [0, 0.1) is 12.7 Å². The fourth-order valence-corrected chi connectivity index (χ4v) is 3.64. The molecule has 0 aliphatic heterocycles. The van der Waals surface area contributed by atoms with E-state index in [-0.39, 0.29) is 16.8 Å². The number of anilines is 1. The number of nitrogens with zero attached hydrogens (tertiary/aromatic N) is 1. The lowest BCUT2D eigenvalue weighted by atomic mass is 10.1. The van der Waals surface area contributed by atoms with Crippen molar-refractivity contribution in [3.8, 4) is 9.88 Å². The van der Waals surface area contributed by atoms with Crippen LogP contribution in [0.2, 0.25) is 0 Å². The Labute approximate surface area is 145 Å². The molecule has 122 valence electrons. The number of primary amides is 1. The maximum Gasteiger partial charge on any atom is 0.267 e. The summed E-state index contributed by atoms with van der Waals surface area (Å²) in [4.78, 5) is 29.2. The maximum absolute atomic E-state index is 13.9. The molecule has 5 nitrogen and oxygen atoms in total. The first-order valence-corrected chi connectivity index (χ1v) is 8.56. The molecule has 0 fully saturated rings. The Morgan fingerprint density at radius 2 is 2.12 bits per heavy atom. The first kappa shape index (κ1) is 16.3. The van der Waals surface area contributed by atoms with Gasteiger partial charge in [0.1, 0.15) is 15.7 Å². The van der Waals surface area contributed by atoms with Gasteiger partial charge in [0.05, 0.1) is 11.1 Å². The molecule has 0 unspecified atom stereocenters. The summed E-state index contributed by atoms with van der Waals surface area (Å²) in [5, 5.41) is 5.28. The number of thiazole rings is 1. The first-order valence-electron chi connectivity index (χ1n) is 6.86. The quantitative estimate of drug-likeness (QED) is 0.743. The number of halogens is 1. The van der Waals surface area contributed by atoms with Gasteiger partial charge < -0.3 is 11.1 Å². The van der Waals surface area contributed by atoms with Crippen molar-refractivity contribution in [2.45, 2.75) is 6.92 Å². The minimum atomic E-state index is -0.762. The largest absolute Gasteiger partial charge is 0.366 e. The predicted octanol–water partition coefficient (Wildman–Crippen LogP) is 3.67. The summed E-state index contributed by atoms with van der Waals surface area (Å²) in [5.41, 5.74) is 5.61. The number of thiophene rings is 1. The molecule has 3 aromatic rings. The van der Waals surface area contributed by atoms with Gasteiger partial charge in [-0.05, 0) is 30.5 Å². The van der Waals surface area contributed by atoms with Crippen molar-refractivity contribution < 1.29 is 14.0 Å². The van der Waals surface area contributed by atoms with E-state index in [1.807, 2.05) is 17.5 Å². The molecule has 0 aliphatic carbocycles. The predicted molar refractivity (Wildman–Crippen MR) is 93.0 cm³/mol. The molecule has 0 radical (unpaired) electrons. The van der Waals surface area contributed by atoms with Crippen molar-refractivity contribution in [2.75, 3.05) is 5.32 Å². The molecule has 0 atom stereocenters. The summed E-state index contributed by atoms with van der Waals surface area (Å²) in [6.45, 7) is 1.51. The van der Waals surface area contributed by atoms with E-state index in [0.717, 1.165) is 16.0 Å². The summed E-state index contributed by atoms with van der Waals surface area (Å²) in [5.74, 6) is -1.79. The lowest BCUT2D eigenvalue weighted by Gasteiger charge is -2.09. The summed E-state index contributed by atoms with van der Waals surface area (Å²) in [7, 11) is 0. The molecule has 1 aromatic carbocycles. The zero-order valence-corrected chi connectivity index (χ0v) is 14.1. The number of hydrogen-bond donors (Lipinski definition) is 2. The minimum absolute atomic E-state index is 0.00280. The number of carbonyl (C=O) groups excluding carboxylic acids is 2. The van der Waals surface area contributed by atoms with Crippen LogP contribution in [0.15, 0.2) is 35.8 Å². The van der Waals surface area contributed by atoms with Crippen molar-refractivity contribution >= 4 is 40.2 Å². The minimum Gasteiger partial charge on any atom is -0.366 e. The number of aromatic nitrogens is 1. The van der Waals surface area contributed by atoms with Crippen LogP contribution in [0.5, 0.6) is 0 Å². The van der Waals surface area contributed by atoms with Crippen LogP contribution >= 0.6 is 22.7 Å². The summed E-state index contributed by atoms with van der Waals surface area (Å²) in [6.07, 6.45) is 1.47. The number of hydrogen-bond acceptors (Lipinski definition) is 5. The highest BCUT2D eigenvalue weighted by molar-refractivity contribution is 7.22. The highest BCUT2D eigenvalue weighted by Crippen LogP contribution is 2.29. The van der Waals surface area contributed by atoms with Crippen molar-refractivity contribution in [1.29, 1.82) is 0 Å². The third-order valence-corrected chi connectivity index (χ3v) is 5.37. The maximum atomic E-state index is 13.9. The molecule has 0 bridgehead atoms. The van der Waals surface area contributed by atoms with E-state index in [0.29, 0.717) is 4.88 Å². The van der Waals surface area contributed by atoms with E-state index in [2.05, 4.69) is 10.3 Å². The summed E-state index contributed by atoms with van der Waals surface area (Å²) >= 11 is 2.77. The highest BCUT2D eigenvalue weighted by atomic mass is 32.1. The molecule has 0 aliphatic rings. The Kier molecular flexibility index (Phi) is 4.41. The highest BCUT2D eigenvalue weighted by Gasteiger charge is 2.16. The van der Waals surface area contributed by atoms with Crippen LogP contribution in [0.3, 0.4) is 0 Å². The van der Waals surface area contributed by atoms with Crippen molar-refractivity contribution in [3.63, 3.8) is 0 Å². The van der Waals surface area contributed by atoms with Crippen LogP contribution in [0.4, 0.5) is 10.1 Å². The smallest absolute Gasteiger partial charge is 0.267 e. The van der Waals surface area contributed by atoms with Gasteiger partial charge in [-0.3, -0.25) is 9.59 Å². The van der Waals surface area contributed by atoms with E-state index in [9.17, 15) is 14.0 Å². The van der Waals surface area contributed by atoms with E-state index >= 15 is 0 Å². The molecule has 3 rings (SSSR count). The number of rotatable bonds is 4. The molecule has 2 aromatic heterocycles. The normalized spacial score (nSPS) is 10.6. The van der Waals surface area contributed by atoms with Gasteiger partial charge in [-0.1, -0.05) is 6.07 Å². The second-order valence-corrected chi connectivity index (χ2v) is 6.93. The molecule has 2 amide bonds. The second kappa shape index (κ2) is 6.50. The van der Waals surface area contributed by atoms with Gasteiger partial charge in [0.15, 0.2) is 0 Å². The molecular weight excluding hydrogens is 349 g/mol. The molecule has 3 N–H and O–H groups in total. The van der Waals surface area contributed by atoms with Crippen molar-refractivity contribution in [3.05, 3.63) is 57.7 Å². The Morgan fingerprint density at radius 3 is 2.79 bits per heavy atom. The Balaban J connectivity index is 1.86. The zero-order chi connectivity index (χ0) is 17.3. The van der Waals surface area contributed by atoms with Crippen LogP contribution in [0.25, 0.3) is 9.88 Å². The van der Waals surface area contributed by atoms with Crippen molar-refractivity contribution in [1.82, 2.24) is 4.98 Å². The molecule has 24 heavy (non-hydrogen) atoms. The van der Waals surface area contributed by atoms with Crippen molar-refractivity contribution in [2.24, 2.45) is 5.73 Å². The Bertz CT molecular complexity index is 920. The monoisotopic (exact) mass is 361 g/mol. The number of benzene rings is 1. The molecule has 8 heteroatoms. The van der Waals surface area contributed by atoms with Crippen LogP contribution in [-0.4, -0.2) is 16.8 Å². The van der Waals surface area contributed by atoms with E-state index < -0.39 is 17.6 Å². The lowest BCUT2D eigenvalue weighted by molar-refractivity contribution is 0.0996. The Hall–Kier alpha value is -2.58. The standard InChI is InChI=1S/C16H12FN3O2S2/c1-8-10(17)5-9(14(18)21)6-11(8)20-15(22)13-7-19-16(24-13)12-3-2-4-23-12/h2-7H,1H3,(H2,18,21)(H,20,22). The summed E-state index contributed by atoms with van der Waals surface area (Å²) < 4.78 is 13.9. The van der Waals surface area contributed by atoms with E-state index in [4.69, 9.17) is 5.73 Å². The lowest BCUT2D eigenvalue weighted by Crippen LogP contribution is -2.15. The third kappa shape index (κ3) is 3.19. The molecule has 2 heterocycles. The van der Waals surface area contributed by atoms with Gasteiger partial charge in [0.2, 0.25) is 5.91 Å². The molecule has 0 saturated heterocycles. The van der Waals surface area contributed by atoms with Crippen LogP contribution in [0.1, 0.15) is 25.6 Å². The number of nitrogens with one attached hydrogen (secondary N) is 1. The van der Waals surface area contributed by atoms with Gasteiger partial charge in [0, 0.05) is 16.8 Å². The number of amides is 2. The average Bonchev–Trinajstić information content (AvgIpc) is 3.21. The fraction of sp³-hybridized carbons (Fsp3) is 0.0625. The fourth-order valence-electron chi connectivity index (χ4n) is 2.03. The first-order chi connectivity index (χ1) is 11.5. The second-order valence-electron chi connectivity index (χ2n) is 4.96. The molecule has 0 spiro atoms.